The standard InChI is InChI=1S/C12H26N2OS/c1-5-11-9-13-12(2,3)10-14(11)7-6-8-16(4)15/h11,13H,5-10H2,1-4H3. The SMILES string of the molecule is CCC1CNC(C)(C)CN1CCCS(C)=O. The van der Waals surface area contributed by atoms with E-state index in [2.05, 4.69) is 31.0 Å². The zero-order valence-electron chi connectivity index (χ0n) is 11.1. The molecule has 0 radical (unpaired) electrons. The smallest absolute Gasteiger partial charge is 0.0252 e. The summed E-state index contributed by atoms with van der Waals surface area (Å²) in [4.78, 5) is 2.56. The van der Waals surface area contributed by atoms with Crippen LogP contribution >= 0.6 is 0 Å². The fourth-order valence-corrected chi connectivity index (χ4v) is 2.89. The summed E-state index contributed by atoms with van der Waals surface area (Å²) in [5, 5.41) is 3.59. The number of nitrogens with zero attached hydrogens (tertiary/aromatic N) is 1. The van der Waals surface area contributed by atoms with Gasteiger partial charge in [0.2, 0.25) is 0 Å². The first kappa shape index (κ1) is 14.1. The lowest BCUT2D eigenvalue weighted by molar-refractivity contribution is 0.0932. The highest BCUT2D eigenvalue weighted by atomic mass is 32.2. The number of piperazine rings is 1. The maximum Gasteiger partial charge on any atom is 0.0252 e. The Morgan fingerprint density at radius 1 is 1.50 bits per heavy atom. The third kappa shape index (κ3) is 4.52. The fraction of sp³-hybridized carbons (Fsp3) is 1.00. The Kier molecular flexibility index (Phi) is 5.41. The van der Waals surface area contributed by atoms with Crippen molar-refractivity contribution in [2.45, 2.75) is 45.2 Å². The molecule has 0 saturated carbocycles. The lowest BCUT2D eigenvalue weighted by Gasteiger charge is -2.44. The summed E-state index contributed by atoms with van der Waals surface area (Å²) in [5.74, 6) is 0.834. The molecule has 2 atom stereocenters. The van der Waals surface area contributed by atoms with Crippen LogP contribution in [0.2, 0.25) is 0 Å². The van der Waals surface area contributed by atoms with E-state index in [0.29, 0.717) is 6.04 Å². The molecular formula is C12H26N2OS. The fourth-order valence-electron chi connectivity index (χ4n) is 2.35. The zero-order chi connectivity index (χ0) is 12.2. The van der Waals surface area contributed by atoms with E-state index in [4.69, 9.17) is 0 Å². The van der Waals surface area contributed by atoms with Crippen LogP contribution in [0.5, 0.6) is 0 Å². The van der Waals surface area contributed by atoms with E-state index in [-0.39, 0.29) is 5.54 Å². The third-order valence-electron chi connectivity index (χ3n) is 3.28. The Labute approximate surface area is 102 Å². The number of rotatable bonds is 5. The van der Waals surface area contributed by atoms with E-state index in [0.717, 1.165) is 31.8 Å². The van der Waals surface area contributed by atoms with Gasteiger partial charge in [0.15, 0.2) is 0 Å². The topological polar surface area (TPSA) is 32.3 Å². The Morgan fingerprint density at radius 2 is 2.19 bits per heavy atom. The molecule has 16 heavy (non-hydrogen) atoms. The molecule has 0 bridgehead atoms. The average molecular weight is 246 g/mol. The van der Waals surface area contributed by atoms with Crippen molar-refractivity contribution < 1.29 is 4.21 Å². The van der Waals surface area contributed by atoms with Crippen molar-refractivity contribution in [3.8, 4) is 0 Å². The van der Waals surface area contributed by atoms with E-state index in [1.807, 2.05) is 0 Å². The lowest BCUT2D eigenvalue weighted by atomic mass is 9.97. The summed E-state index contributed by atoms with van der Waals surface area (Å²) in [5.41, 5.74) is 0.219. The van der Waals surface area contributed by atoms with Crippen LogP contribution in [0.1, 0.15) is 33.6 Å². The molecule has 3 nitrogen and oxygen atoms in total. The molecular weight excluding hydrogens is 220 g/mol. The normalized spacial score (nSPS) is 27.9. The largest absolute Gasteiger partial charge is 0.309 e. The first-order valence-electron chi connectivity index (χ1n) is 6.23. The molecule has 0 aliphatic carbocycles. The second kappa shape index (κ2) is 6.12. The summed E-state index contributed by atoms with van der Waals surface area (Å²) in [7, 11) is -0.645. The Morgan fingerprint density at radius 3 is 2.75 bits per heavy atom. The molecule has 96 valence electrons. The highest BCUT2D eigenvalue weighted by Crippen LogP contribution is 2.17. The minimum Gasteiger partial charge on any atom is -0.309 e. The molecule has 1 N–H and O–H groups in total. The summed E-state index contributed by atoms with van der Waals surface area (Å²) in [6.45, 7) is 10.0. The summed E-state index contributed by atoms with van der Waals surface area (Å²) in [6.07, 6.45) is 4.03. The molecule has 2 unspecified atom stereocenters. The summed E-state index contributed by atoms with van der Waals surface area (Å²) in [6, 6.07) is 0.651. The highest BCUT2D eigenvalue weighted by Gasteiger charge is 2.30. The Balaban J connectivity index is 2.42. The van der Waals surface area contributed by atoms with Crippen LogP contribution in [-0.4, -0.2) is 52.3 Å². The van der Waals surface area contributed by atoms with Gasteiger partial charge in [-0.25, -0.2) is 0 Å². The minimum absolute atomic E-state index is 0.219. The molecule has 0 aromatic carbocycles. The molecule has 0 spiro atoms. The Bertz CT molecular complexity index is 243. The van der Waals surface area contributed by atoms with E-state index in [1.54, 1.807) is 6.26 Å². The summed E-state index contributed by atoms with van der Waals surface area (Å²) < 4.78 is 11.0. The van der Waals surface area contributed by atoms with Crippen molar-refractivity contribution in [2.75, 3.05) is 31.6 Å². The van der Waals surface area contributed by atoms with Crippen molar-refractivity contribution in [1.82, 2.24) is 10.2 Å². The minimum atomic E-state index is -0.645. The van der Waals surface area contributed by atoms with Crippen LogP contribution in [-0.2, 0) is 10.8 Å². The van der Waals surface area contributed by atoms with E-state index < -0.39 is 10.8 Å². The van der Waals surface area contributed by atoms with E-state index in [9.17, 15) is 4.21 Å². The second-order valence-electron chi connectivity index (χ2n) is 5.43. The van der Waals surface area contributed by atoms with Gasteiger partial charge in [-0.1, -0.05) is 6.92 Å². The van der Waals surface area contributed by atoms with Crippen LogP contribution in [0.4, 0.5) is 0 Å². The van der Waals surface area contributed by atoms with Gasteiger partial charge in [-0.3, -0.25) is 9.11 Å². The quantitative estimate of drug-likeness (QED) is 0.791. The molecule has 1 saturated heterocycles. The number of hydrogen-bond donors (Lipinski definition) is 1. The third-order valence-corrected chi connectivity index (χ3v) is 4.14. The predicted molar refractivity (Wildman–Crippen MR) is 71.3 cm³/mol. The lowest BCUT2D eigenvalue weighted by Crippen LogP contribution is -2.61. The molecule has 1 rings (SSSR count). The van der Waals surface area contributed by atoms with Crippen LogP contribution in [0, 0.1) is 0 Å². The van der Waals surface area contributed by atoms with Crippen molar-refractivity contribution in [1.29, 1.82) is 0 Å². The first-order chi connectivity index (χ1) is 7.44. The van der Waals surface area contributed by atoms with Crippen LogP contribution in [0.3, 0.4) is 0 Å². The molecule has 1 fully saturated rings. The average Bonchev–Trinajstić information content (AvgIpc) is 2.16. The van der Waals surface area contributed by atoms with Crippen molar-refractivity contribution >= 4 is 10.8 Å². The predicted octanol–water partition coefficient (Wildman–Crippen LogP) is 1.22. The van der Waals surface area contributed by atoms with Gasteiger partial charge >= 0.3 is 0 Å². The van der Waals surface area contributed by atoms with Crippen molar-refractivity contribution in [3.05, 3.63) is 0 Å². The van der Waals surface area contributed by atoms with Gasteiger partial charge in [0.05, 0.1) is 0 Å². The first-order valence-corrected chi connectivity index (χ1v) is 7.96. The maximum absolute atomic E-state index is 11.0. The molecule has 4 heteroatoms. The van der Waals surface area contributed by atoms with Gasteiger partial charge in [0, 0.05) is 47.5 Å². The molecule has 0 aromatic rings. The van der Waals surface area contributed by atoms with Crippen LogP contribution in [0.15, 0.2) is 0 Å². The molecule has 0 aromatic heterocycles. The molecule has 0 amide bonds. The van der Waals surface area contributed by atoms with E-state index in [1.165, 1.54) is 6.42 Å². The van der Waals surface area contributed by atoms with Gasteiger partial charge in [0.25, 0.3) is 0 Å². The zero-order valence-corrected chi connectivity index (χ0v) is 11.9. The van der Waals surface area contributed by atoms with Gasteiger partial charge in [0.1, 0.15) is 0 Å². The number of hydrogen-bond acceptors (Lipinski definition) is 3. The van der Waals surface area contributed by atoms with Crippen molar-refractivity contribution in [2.24, 2.45) is 0 Å². The van der Waals surface area contributed by atoms with Gasteiger partial charge in [-0.05, 0) is 33.2 Å². The van der Waals surface area contributed by atoms with Gasteiger partial charge in [-0.2, -0.15) is 0 Å². The van der Waals surface area contributed by atoms with Crippen molar-refractivity contribution in [3.63, 3.8) is 0 Å². The van der Waals surface area contributed by atoms with Crippen LogP contribution in [0.25, 0.3) is 0 Å². The van der Waals surface area contributed by atoms with Gasteiger partial charge < -0.3 is 5.32 Å². The summed E-state index contributed by atoms with van der Waals surface area (Å²) >= 11 is 0. The highest BCUT2D eigenvalue weighted by molar-refractivity contribution is 7.84. The molecule has 1 aliphatic heterocycles. The molecule has 1 aliphatic rings. The second-order valence-corrected chi connectivity index (χ2v) is 6.98. The monoisotopic (exact) mass is 246 g/mol. The van der Waals surface area contributed by atoms with Crippen LogP contribution < -0.4 is 5.32 Å². The van der Waals surface area contributed by atoms with E-state index >= 15 is 0 Å². The Hall–Kier alpha value is 0.0700. The maximum atomic E-state index is 11.0. The number of nitrogens with one attached hydrogen (secondary N) is 1. The van der Waals surface area contributed by atoms with Gasteiger partial charge in [-0.15, -0.1) is 0 Å². The molecule has 1 heterocycles.